The van der Waals surface area contributed by atoms with Crippen molar-refractivity contribution in [3.63, 3.8) is 0 Å². The summed E-state index contributed by atoms with van der Waals surface area (Å²) in [6.45, 7) is 2.89. The number of amides is 2. The van der Waals surface area contributed by atoms with E-state index in [2.05, 4.69) is 5.32 Å². The van der Waals surface area contributed by atoms with Crippen LogP contribution in [0.1, 0.15) is 39.6 Å². The van der Waals surface area contributed by atoms with E-state index in [4.69, 9.17) is 10.5 Å². The lowest BCUT2D eigenvalue weighted by atomic mass is 10.1. The molecule has 0 saturated heterocycles. The van der Waals surface area contributed by atoms with Crippen molar-refractivity contribution in [2.45, 2.75) is 20.0 Å². The molecule has 3 N–H and O–H groups in total. The molecule has 0 spiro atoms. The van der Waals surface area contributed by atoms with E-state index in [9.17, 15) is 9.59 Å². The normalized spacial score (nSPS) is 10.1. The fourth-order valence-electron chi connectivity index (χ4n) is 2.10. The first-order valence-corrected chi connectivity index (χ1v) is 7.50. The average molecular weight is 312 g/mol. The minimum Gasteiger partial charge on any atom is -0.488 e. The molecule has 5 heteroatoms. The van der Waals surface area contributed by atoms with Crippen LogP contribution in [0.25, 0.3) is 0 Å². The summed E-state index contributed by atoms with van der Waals surface area (Å²) in [6.07, 6.45) is 0.887. The van der Waals surface area contributed by atoms with Gasteiger partial charge in [-0.25, -0.2) is 0 Å². The fraction of sp³-hybridized carbons (Fsp3) is 0.222. The highest BCUT2D eigenvalue weighted by atomic mass is 16.5. The molecule has 0 aliphatic heterocycles. The number of hydrogen-bond acceptors (Lipinski definition) is 3. The highest BCUT2D eigenvalue weighted by Gasteiger charge is 2.09. The quantitative estimate of drug-likeness (QED) is 0.824. The highest BCUT2D eigenvalue weighted by Crippen LogP contribution is 2.19. The van der Waals surface area contributed by atoms with E-state index in [0.29, 0.717) is 23.4 Å². The molecule has 2 rings (SSSR count). The lowest BCUT2D eigenvalue weighted by Gasteiger charge is -2.10. The van der Waals surface area contributed by atoms with E-state index in [0.717, 1.165) is 12.0 Å². The number of carbonyl (C=O) groups excluding carboxylic acids is 2. The predicted molar refractivity (Wildman–Crippen MR) is 88.4 cm³/mol. The summed E-state index contributed by atoms with van der Waals surface area (Å²) in [6, 6.07) is 14.0. The van der Waals surface area contributed by atoms with Crippen LogP contribution >= 0.6 is 0 Å². The number of nitrogens with one attached hydrogen (secondary N) is 1. The maximum atomic E-state index is 12.0. The van der Waals surface area contributed by atoms with Gasteiger partial charge in [0.15, 0.2) is 0 Å². The molecule has 0 aliphatic rings. The zero-order valence-corrected chi connectivity index (χ0v) is 13.0. The molecule has 2 amide bonds. The summed E-state index contributed by atoms with van der Waals surface area (Å²) < 4.78 is 5.67. The maximum absolute atomic E-state index is 12.0. The van der Waals surface area contributed by atoms with E-state index < -0.39 is 5.91 Å². The van der Waals surface area contributed by atoms with Crippen LogP contribution in [0.2, 0.25) is 0 Å². The molecule has 0 aromatic heterocycles. The molecule has 0 radical (unpaired) electrons. The van der Waals surface area contributed by atoms with Crippen molar-refractivity contribution in [3.05, 3.63) is 65.2 Å². The summed E-state index contributed by atoms with van der Waals surface area (Å²) in [5.41, 5.74) is 7.09. The Kier molecular flexibility index (Phi) is 5.74. The number of hydrogen-bond donors (Lipinski definition) is 2. The average Bonchev–Trinajstić information content (AvgIpc) is 2.58. The van der Waals surface area contributed by atoms with Gasteiger partial charge in [-0.15, -0.1) is 0 Å². The number of primary amides is 1. The summed E-state index contributed by atoms with van der Waals surface area (Å²) >= 11 is 0. The number of nitrogens with two attached hydrogens (primary N) is 1. The van der Waals surface area contributed by atoms with Gasteiger partial charge in [0.25, 0.3) is 11.8 Å². The number of para-hydroxylation sites is 1. The van der Waals surface area contributed by atoms with Crippen molar-refractivity contribution >= 4 is 11.8 Å². The Morgan fingerprint density at radius 1 is 1.13 bits per heavy atom. The molecule has 0 atom stereocenters. The number of benzene rings is 2. The number of rotatable bonds is 7. The van der Waals surface area contributed by atoms with Crippen LogP contribution in [-0.2, 0) is 6.61 Å². The van der Waals surface area contributed by atoms with Gasteiger partial charge >= 0.3 is 0 Å². The zero-order valence-electron chi connectivity index (χ0n) is 13.0. The van der Waals surface area contributed by atoms with Crippen LogP contribution in [0.15, 0.2) is 48.5 Å². The van der Waals surface area contributed by atoms with E-state index >= 15 is 0 Å². The van der Waals surface area contributed by atoms with Crippen molar-refractivity contribution in [3.8, 4) is 5.75 Å². The van der Waals surface area contributed by atoms with Gasteiger partial charge in [-0.05, 0) is 36.2 Å². The standard InChI is InChI=1S/C18H20N2O3/c1-2-10-20-18(22)14-7-5-6-13(11-14)12-23-16-9-4-3-8-15(16)17(19)21/h3-9,11H,2,10,12H2,1H3,(H2,19,21)(H,20,22). The first kappa shape index (κ1) is 16.5. The van der Waals surface area contributed by atoms with Gasteiger partial charge in [0.05, 0.1) is 5.56 Å². The molecule has 0 aliphatic carbocycles. The first-order chi connectivity index (χ1) is 11.1. The Bertz CT molecular complexity index is 698. The Hall–Kier alpha value is -2.82. The third-order valence-electron chi connectivity index (χ3n) is 3.27. The van der Waals surface area contributed by atoms with Crippen LogP contribution in [-0.4, -0.2) is 18.4 Å². The van der Waals surface area contributed by atoms with Crippen molar-refractivity contribution in [1.29, 1.82) is 0 Å². The van der Waals surface area contributed by atoms with Gasteiger partial charge < -0.3 is 15.8 Å². The van der Waals surface area contributed by atoms with Crippen molar-refractivity contribution in [2.24, 2.45) is 5.73 Å². The summed E-state index contributed by atoms with van der Waals surface area (Å²) in [7, 11) is 0. The molecule has 0 heterocycles. The highest BCUT2D eigenvalue weighted by molar-refractivity contribution is 5.95. The second-order valence-corrected chi connectivity index (χ2v) is 5.11. The largest absolute Gasteiger partial charge is 0.488 e. The molecule has 2 aromatic carbocycles. The molecule has 0 unspecified atom stereocenters. The van der Waals surface area contributed by atoms with Gasteiger partial charge in [-0.3, -0.25) is 9.59 Å². The monoisotopic (exact) mass is 312 g/mol. The Morgan fingerprint density at radius 3 is 2.65 bits per heavy atom. The van der Waals surface area contributed by atoms with E-state index in [1.807, 2.05) is 13.0 Å². The van der Waals surface area contributed by atoms with Crippen LogP contribution in [0.5, 0.6) is 5.75 Å². The third-order valence-corrected chi connectivity index (χ3v) is 3.27. The first-order valence-electron chi connectivity index (χ1n) is 7.50. The second kappa shape index (κ2) is 7.98. The second-order valence-electron chi connectivity index (χ2n) is 5.11. The van der Waals surface area contributed by atoms with Crippen LogP contribution in [0.4, 0.5) is 0 Å². The number of ether oxygens (including phenoxy) is 1. The molecule has 0 fully saturated rings. The minimum atomic E-state index is -0.534. The lowest BCUT2D eigenvalue weighted by Crippen LogP contribution is -2.24. The zero-order chi connectivity index (χ0) is 16.7. The SMILES string of the molecule is CCCNC(=O)c1cccc(COc2ccccc2C(N)=O)c1. The van der Waals surface area contributed by atoms with Crippen molar-refractivity contribution in [2.75, 3.05) is 6.54 Å². The van der Waals surface area contributed by atoms with Crippen molar-refractivity contribution < 1.29 is 14.3 Å². The summed E-state index contributed by atoms with van der Waals surface area (Å²) in [5.74, 6) is -0.208. The molecular weight excluding hydrogens is 292 g/mol. The van der Waals surface area contributed by atoms with E-state index in [-0.39, 0.29) is 12.5 Å². The predicted octanol–water partition coefficient (Wildman–Crippen LogP) is 2.50. The van der Waals surface area contributed by atoms with Crippen LogP contribution in [0, 0.1) is 0 Å². The Labute approximate surface area is 135 Å². The molecule has 120 valence electrons. The molecule has 2 aromatic rings. The van der Waals surface area contributed by atoms with Gasteiger partial charge in [-0.1, -0.05) is 31.2 Å². The van der Waals surface area contributed by atoms with E-state index in [1.165, 1.54) is 0 Å². The maximum Gasteiger partial charge on any atom is 0.252 e. The van der Waals surface area contributed by atoms with Gasteiger partial charge in [-0.2, -0.15) is 0 Å². The lowest BCUT2D eigenvalue weighted by molar-refractivity contribution is 0.0952. The van der Waals surface area contributed by atoms with Crippen LogP contribution in [0.3, 0.4) is 0 Å². The molecule has 5 nitrogen and oxygen atoms in total. The molecule has 0 bridgehead atoms. The summed E-state index contributed by atoms with van der Waals surface area (Å²) in [4.78, 5) is 23.3. The van der Waals surface area contributed by atoms with E-state index in [1.54, 1.807) is 42.5 Å². The molecule has 23 heavy (non-hydrogen) atoms. The smallest absolute Gasteiger partial charge is 0.252 e. The van der Waals surface area contributed by atoms with Crippen molar-refractivity contribution in [1.82, 2.24) is 5.32 Å². The van der Waals surface area contributed by atoms with Gasteiger partial charge in [0.2, 0.25) is 0 Å². The number of carbonyl (C=O) groups is 2. The summed E-state index contributed by atoms with van der Waals surface area (Å²) in [5, 5.41) is 2.83. The molecular formula is C18H20N2O3. The minimum absolute atomic E-state index is 0.105. The molecule has 0 saturated carbocycles. The topological polar surface area (TPSA) is 81.4 Å². The third kappa shape index (κ3) is 4.57. The van der Waals surface area contributed by atoms with Gasteiger partial charge in [0, 0.05) is 12.1 Å². The fourth-order valence-corrected chi connectivity index (χ4v) is 2.10. The Balaban J connectivity index is 2.07. The Morgan fingerprint density at radius 2 is 1.91 bits per heavy atom. The van der Waals surface area contributed by atoms with Crippen LogP contribution < -0.4 is 15.8 Å². The van der Waals surface area contributed by atoms with Gasteiger partial charge in [0.1, 0.15) is 12.4 Å².